The molecule has 1 atom stereocenters. The van der Waals surface area contributed by atoms with Gasteiger partial charge < -0.3 is 9.84 Å². The van der Waals surface area contributed by atoms with Gasteiger partial charge in [0.05, 0.1) is 6.61 Å². The third kappa shape index (κ3) is 5.13. The molecule has 1 aromatic carbocycles. The van der Waals surface area contributed by atoms with Crippen LogP contribution < -0.4 is 0 Å². The average Bonchev–Trinajstić information content (AvgIpc) is 2.75. The van der Waals surface area contributed by atoms with E-state index in [2.05, 4.69) is 32.4 Å². The fraction of sp³-hybridized carbons (Fsp3) is 0.519. The van der Waals surface area contributed by atoms with Crippen molar-refractivity contribution < 1.29 is 23.4 Å². The number of hydrogen-bond donors (Lipinski definition) is 1. The summed E-state index contributed by atoms with van der Waals surface area (Å²) in [5.74, 6) is -2.65. The molecule has 2 rings (SSSR count). The Labute approximate surface area is 190 Å². The minimum Gasteiger partial charge on any atom is -0.507 e. The van der Waals surface area contributed by atoms with Gasteiger partial charge in [-0.3, -0.25) is 0 Å². The van der Waals surface area contributed by atoms with E-state index in [0.29, 0.717) is 17.6 Å². The van der Waals surface area contributed by atoms with E-state index in [1.54, 1.807) is 13.0 Å². The fourth-order valence-corrected chi connectivity index (χ4v) is 4.33. The topological polar surface area (TPSA) is 46.5 Å². The molecule has 1 aliphatic rings. The van der Waals surface area contributed by atoms with Crippen LogP contribution in [0.1, 0.15) is 90.8 Å². The van der Waals surface area contributed by atoms with Crippen LogP contribution in [0, 0.1) is 0 Å². The number of phenols is 1. The van der Waals surface area contributed by atoms with Gasteiger partial charge in [0.2, 0.25) is 5.83 Å². The molecule has 1 unspecified atom stereocenters. The zero-order chi connectivity index (χ0) is 24.3. The van der Waals surface area contributed by atoms with E-state index in [1.807, 2.05) is 13.0 Å². The van der Waals surface area contributed by atoms with Gasteiger partial charge in [0, 0.05) is 5.56 Å². The molecule has 0 heterocycles. The summed E-state index contributed by atoms with van der Waals surface area (Å²) in [6.45, 7) is 13.6. The van der Waals surface area contributed by atoms with Crippen molar-refractivity contribution in [2.75, 3.05) is 6.61 Å². The molecule has 176 valence electrons. The third-order valence-electron chi connectivity index (χ3n) is 6.84. The van der Waals surface area contributed by atoms with E-state index >= 15 is 4.39 Å². The highest BCUT2D eigenvalue weighted by molar-refractivity contribution is 5.87. The van der Waals surface area contributed by atoms with Crippen LogP contribution in [0.5, 0.6) is 5.75 Å². The summed E-state index contributed by atoms with van der Waals surface area (Å²) in [5, 5.41) is 10.8. The molecule has 0 spiro atoms. The lowest BCUT2D eigenvalue weighted by atomic mass is 9.61. The number of allylic oxidation sites excluding steroid dienone is 5. The Hall–Kier alpha value is -2.43. The number of hydrogen-bond acceptors (Lipinski definition) is 3. The maximum Gasteiger partial charge on any atom is 0.367 e. The van der Waals surface area contributed by atoms with Crippen LogP contribution in [0.25, 0.3) is 5.57 Å². The van der Waals surface area contributed by atoms with Crippen molar-refractivity contribution in [2.24, 2.45) is 0 Å². The Bertz CT molecular complexity index is 969. The molecule has 0 bridgehead atoms. The van der Waals surface area contributed by atoms with Gasteiger partial charge in [-0.1, -0.05) is 40.7 Å². The van der Waals surface area contributed by atoms with E-state index < -0.39 is 17.6 Å². The molecule has 5 heteroatoms. The van der Waals surface area contributed by atoms with E-state index in [1.165, 1.54) is 13.0 Å². The summed E-state index contributed by atoms with van der Waals surface area (Å²) < 4.78 is 33.9. The molecule has 3 nitrogen and oxygen atoms in total. The highest BCUT2D eigenvalue weighted by Gasteiger charge is 2.39. The Kier molecular flexibility index (Phi) is 8.08. The van der Waals surface area contributed by atoms with Crippen LogP contribution in [0.3, 0.4) is 0 Å². The number of carbonyl (C=O) groups is 1. The second kappa shape index (κ2) is 10.0. The summed E-state index contributed by atoms with van der Waals surface area (Å²) in [6, 6.07) is 3.72. The standard InChI is InChI=1S/C27H36F2O3/c1-8-18(22(28)12-11-17(4)24(29)25(31)32-10-3)19-15-21-20(16-23(19)30)26(5,6)13-14-27(21,7)9-2/h11-12,15-16,30H,8-10,13-14H2,1-7H3/b12-11+,22-18+,24-17-. The average molecular weight is 447 g/mol. The largest absolute Gasteiger partial charge is 0.507 e. The van der Waals surface area contributed by atoms with Crippen molar-refractivity contribution in [2.45, 2.75) is 85.0 Å². The van der Waals surface area contributed by atoms with Gasteiger partial charge in [0.1, 0.15) is 11.6 Å². The van der Waals surface area contributed by atoms with Crippen LogP contribution in [0.4, 0.5) is 8.78 Å². The fourth-order valence-electron chi connectivity index (χ4n) is 4.33. The summed E-state index contributed by atoms with van der Waals surface area (Å²) >= 11 is 0. The number of rotatable bonds is 7. The van der Waals surface area contributed by atoms with Gasteiger partial charge in [-0.2, -0.15) is 4.39 Å². The lowest BCUT2D eigenvalue weighted by Crippen LogP contribution is -2.35. The first-order valence-electron chi connectivity index (χ1n) is 11.4. The molecule has 0 aliphatic heterocycles. The van der Waals surface area contributed by atoms with Gasteiger partial charge in [0.15, 0.2) is 0 Å². The predicted molar refractivity (Wildman–Crippen MR) is 126 cm³/mol. The smallest absolute Gasteiger partial charge is 0.367 e. The van der Waals surface area contributed by atoms with Crippen molar-refractivity contribution >= 4 is 11.5 Å². The van der Waals surface area contributed by atoms with Crippen molar-refractivity contribution in [1.82, 2.24) is 0 Å². The van der Waals surface area contributed by atoms with Crippen molar-refractivity contribution in [1.29, 1.82) is 0 Å². The molecule has 0 saturated carbocycles. The summed E-state index contributed by atoms with van der Waals surface area (Å²) in [5.41, 5.74) is 2.92. The Morgan fingerprint density at radius 2 is 1.75 bits per heavy atom. The van der Waals surface area contributed by atoms with Gasteiger partial charge >= 0.3 is 5.97 Å². The van der Waals surface area contributed by atoms with Gasteiger partial charge in [0.25, 0.3) is 0 Å². The summed E-state index contributed by atoms with van der Waals surface area (Å²) in [4.78, 5) is 11.5. The third-order valence-corrected chi connectivity index (χ3v) is 6.84. The first kappa shape index (κ1) is 25.8. The number of phenolic OH excluding ortho intramolecular Hbond substituents is 1. The molecule has 1 aromatic rings. The molecule has 0 amide bonds. The van der Waals surface area contributed by atoms with E-state index in [9.17, 15) is 14.3 Å². The number of halogens is 2. The lowest BCUT2D eigenvalue weighted by Gasteiger charge is -2.43. The van der Waals surface area contributed by atoms with Crippen molar-refractivity contribution in [3.05, 3.63) is 58.2 Å². The maximum atomic E-state index is 15.2. The van der Waals surface area contributed by atoms with Gasteiger partial charge in [-0.15, -0.1) is 0 Å². The number of fused-ring (bicyclic) bond motifs is 1. The molecular weight excluding hydrogens is 410 g/mol. The van der Waals surface area contributed by atoms with Crippen molar-refractivity contribution in [3.63, 3.8) is 0 Å². The Morgan fingerprint density at radius 3 is 2.31 bits per heavy atom. The number of aromatic hydroxyl groups is 1. The molecule has 0 fully saturated rings. The zero-order valence-corrected chi connectivity index (χ0v) is 20.4. The Balaban J connectivity index is 2.57. The molecule has 0 radical (unpaired) electrons. The highest BCUT2D eigenvalue weighted by atomic mass is 19.1. The second-order valence-electron chi connectivity index (χ2n) is 9.44. The number of esters is 1. The van der Waals surface area contributed by atoms with Crippen LogP contribution in [0.2, 0.25) is 0 Å². The normalized spacial score (nSPS) is 21.7. The molecular formula is C27H36F2O3. The van der Waals surface area contributed by atoms with Crippen LogP contribution in [-0.2, 0) is 20.4 Å². The number of carbonyl (C=O) groups excluding carboxylic acids is 1. The zero-order valence-electron chi connectivity index (χ0n) is 20.4. The molecule has 0 aromatic heterocycles. The second-order valence-corrected chi connectivity index (χ2v) is 9.44. The SMILES string of the molecule is CCOC(=O)/C(F)=C(C)/C=C/C(F)=C(/CC)c1cc2c(cc1O)C(C)(C)CCC2(C)CC. The monoisotopic (exact) mass is 446 g/mol. The minimum absolute atomic E-state index is 0.0241. The molecule has 32 heavy (non-hydrogen) atoms. The quantitative estimate of drug-likeness (QED) is 0.267. The Morgan fingerprint density at radius 1 is 1.09 bits per heavy atom. The lowest BCUT2D eigenvalue weighted by molar-refractivity contribution is -0.140. The van der Waals surface area contributed by atoms with Crippen LogP contribution >= 0.6 is 0 Å². The first-order chi connectivity index (χ1) is 14.9. The van der Waals surface area contributed by atoms with E-state index in [0.717, 1.165) is 36.5 Å². The highest BCUT2D eigenvalue weighted by Crippen LogP contribution is 2.50. The van der Waals surface area contributed by atoms with Crippen LogP contribution in [-0.4, -0.2) is 17.7 Å². The van der Waals surface area contributed by atoms with E-state index in [4.69, 9.17) is 0 Å². The van der Waals surface area contributed by atoms with Gasteiger partial charge in [-0.05, 0) is 90.8 Å². The van der Waals surface area contributed by atoms with E-state index in [-0.39, 0.29) is 28.8 Å². The molecule has 1 N–H and O–H groups in total. The minimum atomic E-state index is -1.07. The number of benzene rings is 1. The van der Waals surface area contributed by atoms with Crippen molar-refractivity contribution in [3.8, 4) is 5.75 Å². The van der Waals surface area contributed by atoms with Crippen LogP contribution in [0.15, 0.2) is 41.5 Å². The molecule has 0 saturated heterocycles. The maximum absolute atomic E-state index is 15.2. The van der Waals surface area contributed by atoms with Gasteiger partial charge in [-0.25, -0.2) is 9.18 Å². The molecule has 1 aliphatic carbocycles. The number of ether oxygens (including phenoxy) is 1. The first-order valence-corrected chi connectivity index (χ1v) is 11.4. The summed E-state index contributed by atoms with van der Waals surface area (Å²) in [7, 11) is 0. The predicted octanol–water partition coefficient (Wildman–Crippen LogP) is 7.58. The summed E-state index contributed by atoms with van der Waals surface area (Å²) in [6.07, 6.45) is 5.69.